The molecule has 0 bridgehead atoms. The zero-order chi connectivity index (χ0) is 22.5. The van der Waals surface area contributed by atoms with E-state index >= 15 is 0 Å². The predicted molar refractivity (Wildman–Crippen MR) is 132 cm³/mol. The Morgan fingerprint density at radius 1 is 0.970 bits per heavy atom. The minimum atomic E-state index is 0.0989. The van der Waals surface area contributed by atoms with Gasteiger partial charge in [0.2, 0.25) is 5.91 Å². The van der Waals surface area contributed by atoms with Crippen LogP contribution in [0.15, 0.2) is 83.6 Å². The van der Waals surface area contributed by atoms with Crippen molar-refractivity contribution in [2.45, 2.75) is 57.5 Å². The Hall–Kier alpha value is -3.27. The minimum Gasteiger partial charge on any atom is -0.467 e. The van der Waals surface area contributed by atoms with E-state index in [0.29, 0.717) is 18.9 Å². The maximum Gasteiger partial charge on any atom is 0.220 e. The van der Waals surface area contributed by atoms with E-state index in [-0.39, 0.29) is 11.8 Å². The monoisotopic (exact) mass is 440 g/mol. The highest BCUT2D eigenvalue weighted by atomic mass is 16.3. The van der Waals surface area contributed by atoms with Gasteiger partial charge in [0, 0.05) is 30.1 Å². The first-order valence-corrected chi connectivity index (χ1v) is 12.2. The topological polar surface area (TPSA) is 47.2 Å². The van der Waals surface area contributed by atoms with Gasteiger partial charge >= 0.3 is 0 Å². The lowest BCUT2D eigenvalue weighted by Gasteiger charge is -2.30. The lowest BCUT2D eigenvalue weighted by atomic mass is 9.75. The number of amides is 1. The largest absolute Gasteiger partial charge is 0.467 e. The lowest BCUT2D eigenvalue weighted by molar-refractivity contribution is -0.122. The highest BCUT2D eigenvalue weighted by molar-refractivity contribution is 5.86. The van der Waals surface area contributed by atoms with E-state index in [1.54, 1.807) is 6.26 Å². The van der Waals surface area contributed by atoms with Gasteiger partial charge in [0.25, 0.3) is 0 Å². The molecule has 33 heavy (non-hydrogen) atoms. The number of hydrogen-bond acceptors (Lipinski definition) is 2. The Bertz CT molecular complexity index is 1170. The van der Waals surface area contributed by atoms with Crippen LogP contribution in [0.4, 0.5) is 0 Å². The van der Waals surface area contributed by atoms with E-state index in [0.717, 1.165) is 12.3 Å². The van der Waals surface area contributed by atoms with E-state index in [1.165, 1.54) is 54.1 Å². The molecule has 1 aliphatic rings. The number of carbonyl (C=O) groups is 1. The summed E-state index contributed by atoms with van der Waals surface area (Å²) in [4.78, 5) is 13.0. The van der Waals surface area contributed by atoms with Gasteiger partial charge in [-0.15, -0.1) is 0 Å². The van der Waals surface area contributed by atoms with Gasteiger partial charge in [0.05, 0.1) is 12.8 Å². The molecule has 5 rings (SSSR count). The molecule has 1 aliphatic carbocycles. The van der Waals surface area contributed by atoms with Crippen molar-refractivity contribution in [2.24, 2.45) is 5.92 Å². The summed E-state index contributed by atoms with van der Waals surface area (Å²) in [6.07, 6.45) is 10.7. The fourth-order valence-corrected chi connectivity index (χ4v) is 5.42. The van der Waals surface area contributed by atoms with Crippen LogP contribution in [0.25, 0.3) is 10.9 Å². The Kier molecular flexibility index (Phi) is 6.61. The molecule has 0 spiro atoms. The fraction of sp³-hybridized carbons (Fsp3) is 0.345. The number of nitrogens with zero attached hydrogens (tertiary/aromatic N) is 1. The van der Waals surface area contributed by atoms with Gasteiger partial charge < -0.3 is 14.3 Å². The van der Waals surface area contributed by atoms with E-state index in [1.807, 2.05) is 12.1 Å². The van der Waals surface area contributed by atoms with Crippen LogP contribution in [0.5, 0.6) is 0 Å². The molecule has 4 nitrogen and oxygen atoms in total. The maximum atomic E-state index is 13.0. The highest BCUT2D eigenvalue weighted by Crippen LogP contribution is 2.41. The van der Waals surface area contributed by atoms with E-state index < -0.39 is 0 Å². The fourth-order valence-electron chi connectivity index (χ4n) is 5.42. The third-order valence-corrected chi connectivity index (χ3v) is 7.08. The van der Waals surface area contributed by atoms with Crippen molar-refractivity contribution >= 4 is 16.8 Å². The number of benzene rings is 2. The standard InChI is InChI=1S/C29H32N2O2/c32-29(30-19-24-14-9-17-33-24)18-26(23-12-5-2-6-13-23)27-21-31(20-22-10-3-1-4-11-22)28-16-8-7-15-25(27)28/h1,3-4,7-11,14-17,21,23,26H,2,5-6,12-13,18-20H2,(H,30,32). The third-order valence-electron chi connectivity index (χ3n) is 7.08. The normalized spacial score (nSPS) is 15.5. The number of fused-ring (bicyclic) bond motifs is 1. The van der Waals surface area contributed by atoms with Crippen LogP contribution >= 0.6 is 0 Å². The SMILES string of the molecule is O=C(CC(c1cn(Cc2ccccc2)c2ccccc12)C1CCCCC1)NCc1ccco1. The van der Waals surface area contributed by atoms with Gasteiger partial charge in [0.15, 0.2) is 0 Å². The smallest absolute Gasteiger partial charge is 0.220 e. The quantitative estimate of drug-likeness (QED) is 0.333. The average Bonchev–Trinajstić information content (AvgIpc) is 3.51. The first-order valence-electron chi connectivity index (χ1n) is 12.2. The first-order chi connectivity index (χ1) is 16.3. The molecule has 1 atom stereocenters. The van der Waals surface area contributed by atoms with Gasteiger partial charge in [-0.1, -0.05) is 67.8 Å². The maximum absolute atomic E-state index is 13.0. The molecule has 4 heteroatoms. The van der Waals surface area contributed by atoms with Crippen molar-refractivity contribution in [1.82, 2.24) is 9.88 Å². The summed E-state index contributed by atoms with van der Waals surface area (Å²) < 4.78 is 7.75. The van der Waals surface area contributed by atoms with Crippen LogP contribution in [0.1, 0.15) is 61.3 Å². The number of aromatic nitrogens is 1. The number of carbonyl (C=O) groups excluding carboxylic acids is 1. The third kappa shape index (κ3) is 5.05. The molecule has 2 aromatic carbocycles. The zero-order valence-corrected chi connectivity index (χ0v) is 19.1. The Labute approximate surface area is 195 Å². The summed E-state index contributed by atoms with van der Waals surface area (Å²) in [5, 5.41) is 4.36. The molecule has 0 saturated heterocycles. The van der Waals surface area contributed by atoms with Gasteiger partial charge in [-0.2, -0.15) is 0 Å². The number of hydrogen-bond donors (Lipinski definition) is 1. The van der Waals surface area contributed by atoms with Gasteiger partial charge in [-0.3, -0.25) is 4.79 Å². The Morgan fingerprint density at radius 2 is 1.76 bits per heavy atom. The number of furan rings is 1. The summed E-state index contributed by atoms with van der Waals surface area (Å²) in [5.74, 6) is 1.66. The molecule has 170 valence electrons. The van der Waals surface area contributed by atoms with Crippen LogP contribution in [0, 0.1) is 5.92 Å². The van der Waals surface area contributed by atoms with Crippen molar-refractivity contribution < 1.29 is 9.21 Å². The zero-order valence-electron chi connectivity index (χ0n) is 19.1. The summed E-state index contributed by atoms with van der Waals surface area (Å²) >= 11 is 0. The molecule has 1 amide bonds. The van der Waals surface area contributed by atoms with Crippen LogP contribution < -0.4 is 5.32 Å². The van der Waals surface area contributed by atoms with Gasteiger partial charge in [0.1, 0.15) is 5.76 Å². The molecule has 0 radical (unpaired) electrons. The van der Waals surface area contributed by atoms with Crippen molar-refractivity contribution in [3.63, 3.8) is 0 Å². The lowest BCUT2D eigenvalue weighted by Crippen LogP contribution is -2.27. The average molecular weight is 441 g/mol. The molecule has 1 saturated carbocycles. The van der Waals surface area contributed by atoms with Gasteiger partial charge in [-0.05, 0) is 54.0 Å². The van der Waals surface area contributed by atoms with Crippen LogP contribution in [0.2, 0.25) is 0 Å². The second-order valence-electron chi connectivity index (χ2n) is 9.28. The molecule has 0 aliphatic heterocycles. The molecule has 2 heterocycles. The Morgan fingerprint density at radius 3 is 2.55 bits per heavy atom. The van der Waals surface area contributed by atoms with Crippen molar-refractivity contribution in [3.8, 4) is 0 Å². The molecular weight excluding hydrogens is 408 g/mol. The number of nitrogens with one attached hydrogen (secondary N) is 1. The number of rotatable bonds is 8. The highest BCUT2D eigenvalue weighted by Gasteiger charge is 2.29. The van der Waals surface area contributed by atoms with Crippen LogP contribution in [-0.2, 0) is 17.9 Å². The molecular formula is C29H32N2O2. The first kappa shape index (κ1) is 21.6. The summed E-state index contributed by atoms with van der Waals surface area (Å²) in [6.45, 7) is 1.28. The molecule has 4 aromatic rings. The minimum absolute atomic E-state index is 0.0989. The van der Waals surface area contributed by atoms with E-state index in [9.17, 15) is 4.79 Å². The molecule has 2 aromatic heterocycles. The number of para-hydroxylation sites is 1. The summed E-state index contributed by atoms with van der Waals surface area (Å²) in [7, 11) is 0. The van der Waals surface area contributed by atoms with E-state index in [2.05, 4.69) is 70.7 Å². The summed E-state index contributed by atoms with van der Waals surface area (Å²) in [6, 6.07) is 23.0. The predicted octanol–water partition coefficient (Wildman–Crippen LogP) is 6.65. The van der Waals surface area contributed by atoms with Gasteiger partial charge in [-0.25, -0.2) is 0 Å². The molecule has 1 N–H and O–H groups in total. The van der Waals surface area contributed by atoms with Crippen molar-refractivity contribution in [2.75, 3.05) is 0 Å². The van der Waals surface area contributed by atoms with Crippen LogP contribution in [-0.4, -0.2) is 10.5 Å². The second-order valence-corrected chi connectivity index (χ2v) is 9.28. The van der Waals surface area contributed by atoms with Crippen molar-refractivity contribution in [1.29, 1.82) is 0 Å². The van der Waals surface area contributed by atoms with Crippen LogP contribution in [0.3, 0.4) is 0 Å². The summed E-state index contributed by atoms with van der Waals surface area (Å²) in [5.41, 5.74) is 3.85. The molecule has 1 fully saturated rings. The second kappa shape index (κ2) is 10.1. The Balaban J connectivity index is 1.45. The molecule has 1 unspecified atom stereocenters. The van der Waals surface area contributed by atoms with E-state index in [4.69, 9.17) is 4.42 Å². The van der Waals surface area contributed by atoms with Crippen molar-refractivity contribution in [3.05, 3.63) is 96.1 Å².